The zero-order chi connectivity index (χ0) is 23.7. The Morgan fingerprint density at radius 1 is 1.21 bits per heavy atom. The molecule has 33 heavy (non-hydrogen) atoms. The van der Waals surface area contributed by atoms with Gasteiger partial charge in [-0.25, -0.2) is 9.67 Å². The summed E-state index contributed by atoms with van der Waals surface area (Å²) in [4.78, 5) is 29.5. The number of hydrogen-bond acceptors (Lipinski definition) is 5. The lowest BCUT2D eigenvalue weighted by atomic mass is 9.79. The highest BCUT2D eigenvalue weighted by Crippen LogP contribution is 2.34. The molecule has 8 heteroatoms. The smallest absolute Gasteiger partial charge is 0.255 e. The van der Waals surface area contributed by atoms with Gasteiger partial charge in [-0.15, -0.1) is 0 Å². The number of benzene rings is 1. The van der Waals surface area contributed by atoms with Crippen molar-refractivity contribution in [1.29, 1.82) is 0 Å². The highest BCUT2D eigenvalue weighted by molar-refractivity contribution is 6.06. The van der Waals surface area contributed by atoms with Gasteiger partial charge in [-0.3, -0.25) is 9.59 Å². The van der Waals surface area contributed by atoms with Crippen LogP contribution in [0.25, 0.3) is 11.0 Å². The van der Waals surface area contributed by atoms with Crippen LogP contribution in [-0.2, 0) is 11.3 Å². The summed E-state index contributed by atoms with van der Waals surface area (Å²) in [7, 11) is 0. The highest BCUT2D eigenvalue weighted by atomic mass is 16.2. The number of rotatable bonds is 8. The van der Waals surface area contributed by atoms with Crippen molar-refractivity contribution < 1.29 is 9.59 Å². The van der Waals surface area contributed by atoms with Gasteiger partial charge in [-0.2, -0.15) is 5.10 Å². The van der Waals surface area contributed by atoms with Crippen LogP contribution < -0.4 is 16.4 Å². The number of hydrogen-bond donors (Lipinski definition) is 3. The minimum absolute atomic E-state index is 0.0749. The van der Waals surface area contributed by atoms with Gasteiger partial charge >= 0.3 is 0 Å². The molecular weight excluding hydrogens is 416 g/mol. The fourth-order valence-corrected chi connectivity index (χ4v) is 4.61. The number of carbonyl (C=O) groups is 2. The van der Waals surface area contributed by atoms with E-state index in [0.29, 0.717) is 30.6 Å². The second-order valence-corrected chi connectivity index (χ2v) is 8.95. The van der Waals surface area contributed by atoms with E-state index in [2.05, 4.69) is 59.7 Å². The molecule has 2 amide bonds. The van der Waals surface area contributed by atoms with Crippen molar-refractivity contribution in [3.05, 3.63) is 52.8 Å². The SMILES string of the molecule is CCC(NC(=O)c1cnc2c(cnn2CC)c1NC1CC(C(N)=O)C1)c1ccc(C)cc1C. The van der Waals surface area contributed by atoms with Gasteiger partial charge in [-0.05, 0) is 51.2 Å². The molecule has 0 radical (unpaired) electrons. The van der Waals surface area contributed by atoms with Crippen LogP contribution in [0.15, 0.2) is 30.6 Å². The first kappa shape index (κ1) is 22.8. The standard InChI is InChI=1S/C25H32N6O2/c1-5-21(18-8-7-14(3)9-15(18)4)30-25(33)20-12-27-24-19(13-28-31(24)6-2)22(20)29-17-10-16(11-17)23(26)32/h7-9,12-13,16-17,21H,5-6,10-11H2,1-4H3,(H2,26,32)(H,27,29)(H,30,33). The summed E-state index contributed by atoms with van der Waals surface area (Å²) in [6.45, 7) is 8.88. The maximum Gasteiger partial charge on any atom is 0.255 e. The second kappa shape index (κ2) is 9.21. The zero-order valence-corrected chi connectivity index (χ0v) is 19.7. The Balaban J connectivity index is 1.65. The summed E-state index contributed by atoms with van der Waals surface area (Å²) in [5.41, 5.74) is 10.8. The van der Waals surface area contributed by atoms with E-state index in [-0.39, 0.29) is 29.8 Å². The van der Waals surface area contributed by atoms with Crippen LogP contribution in [0.3, 0.4) is 0 Å². The number of fused-ring (bicyclic) bond motifs is 1. The number of nitrogens with zero attached hydrogens (tertiary/aromatic N) is 3. The Morgan fingerprint density at radius 2 is 1.97 bits per heavy atom. The molecule has 0 bridgehead atoms. The molecule has 8 nitrogen and oxygen atoms in total. The van der Waals surface area contributed by atoms with Gasteiger partial charge in [-0.1, -0.05) is 30.7 Å². The lowest BCUT2D eigenvalue weighted by molar-refractivity contribution is -0.124. The van der Waals surface area contributed by atoms with Gasteiger partial charge < -0.3 is 16.4 Å². The van der Waals surface area contributed by atoms with Crippen LogP contribution >= 0.6 is 0 Å². The van der Waals surface area contributed by atoms with Crippen LogP contribution in [0.5, 0.6) is 0 Å². The minimum Gasteiger partial charge on any atom is -0.381 e. The van der Waals surface area contributed by atoms with Gasteiger partial charge in [0.05, 0.1) is 28.9 Å². The molecule has 174 valence electrons. The topological polar surface area (TPSA) is 115 Å². The van der Waals surface area contributed by atoms with Gasteiger partial charge in [0, 0.05) is 24.7 Å². The molecule has 1 atom stereocenters. The largest absolute Gasteiger partial charge is 0.381 e. The van der Waals surface area contributed by atoms with Crippen molar-refractivity contribution in [2.75, 3.05) is 5.32 Å². The average Bonchev–Trinajstić information content (AvgIpc) is 3.17. The number of primary amides is 1. The maximum atomic E-state index is 13.5. The summed E-state index contributed by atoms with van der Waals surface area (Å²) in [6, 6.07) is 6.26. The number of nitrogens with one attached hydrogen (secondary N) is 2. The third-order valence-corrected chi connectivity index (χ3v) is 6.61. The Morgan fingerprint density at radius 3 is 2.61 bits per heavy atom. The number of aromatic nitrogens is 3. The predicted octanol–water partition coefficient (Wildman–Crippen LogP) is 3.62. The molecule has 1 aliphatic rings. The third-order valence-electron chi connectivity index (χ3n) is 6.61. The quantitative estimate of drug-likeness (QED) is 0.487. The van der Waals surface area contributed by atoms with Crippen LogP contribution in [0, 0.1) is 19.8 Å². The van der Waals surface area contributed by atoms with E-state index in [0.717, 1.165) is 28.6 Å². The maximum absolute atomic E-state index is 13.5. The monoisotopic (exact) mass is 448 g/mol. The molecule has 0 saturated heterocycles. The number of pyridine rings is 1. The predicted molar refractivity (Wildman–Crippen MR) is 129 cm³/mol. The average molecular weight is 449 g/mol. The molecule has 2 heterocycles. The van der Waals surface area contributed by atoms with Crippen molar-refractivity contribution in [1.82, 2.24) is 20.1 Å². The van der Waals surface area contributed by atoms with Crippen LogP contribution in [0.1, 0.15) is 66.2 Å². The van der Waals surface area contributed by atoms with E-state index in [1.807, 2.05) is 6.92 Å². The van der Waals surface area contributed by atoms with Crippen molar-refractivity contribution in [3.63, 3.8) is 0 Å². The molecule has 0 aliphatic heterocycles. The van der Waals surface area contributed by atoms with Crippen molar-refractivity contribution in [2.45, 2.75) is 65.6 Å². The minimum atomic E-state index is -0.274. The van der Waals surface area contributed by atoms with Crippen LogP contribution in [-0.4, -0.2) is 32.6 Å². The van der Waals surface area contributed by atoms with Crippen molar-refractivity contribution in [3.8, 4) is 0 Å². The summed E-state index contributed by atoms with van der Waals surface area (Å²) < 4.78 is 1.81. The lowest BCUT2D eigenvalue weighted by Crippen LogP contribution is -2.42. The first-order chi connectivity index (χ1) is 15.8. The number of amides is 2. The van der Waals surface area contributed by atoms with E-state index in [4.69, 9.17) is 5.73 Å². The Labute approximate surface area is 193 Å². The van der Waals surface area contributed by atoms with Crippen LogP contribution in [0.4, 0.5) is 5.69 Å². The Bertz CT molecular complexity index is 1200. The molecule has 1 fully saturated rings. The molecular formula is C25H32N6O2. The zero-order valence-electron chi connectivity index (χ0n) is 19.7. The number of anilines is 1. The van der Waals surface area contributed by atoms with Crippen LogP contribution in [0.2, 0.25) is 0 Å². The van der Waals surface area contributed by atoms with Crippen molar-refractivity contribution >= 4 is 28.5 Å². The molecule has 0 spiro atoms. The van der Waals surface area contributed by atoms with Gasteiger partial charge in [0.2, 0.25) is 5.91 Å². The summed E-state index contributed by atoms with van der Waals surface area (Å²) in [5, 5.41) is 11.9. The highest BCUT2D eigenvalue weighted by Gasteiger charge is 2.34. The Kier molecular flexibility index (Phi) is 6.35. The fraction of sp³-hybridized carbons (Fsp3) is 0.440. The van der Waals surface area contributed by atoms with E-state index in [9.17, 15) is 9.59 Å². The van der Waals surface area contributed by atoms with Gasteiger partial charge in [0.1, 0.15) is 0 Å². The molecule has 2 aromatic heterocycles. The molecule has 1 saturated carbocycles. The number of carbonyl (C=O) groups excluding carboxylic acids is 2. The number of nitrogens with two attached hydrogens (primary N) is 1. The van der Waals surface area contributed by atoms with Gasteiger partial charge in [0.15, 0.2) is 5.65 Å². The van der Waals surface area contributed by atoms with E-state index in [1.165, 1.54) is 5.56 Å². The molecule has 1 unspecified atom stereocenters. The molecule has 1 aromatic carbocycles. The molecule has 4 N–H and O–H groups in total. The third kappa shape index (κ3) is 4.42. The van der Waals surface area contributed by atoms with E-state index >= 15 is 0 Å². The second-order valence-electron chi connectivity index (χ2n) is 8.95. The molecule has 3 aromatic rings. The van der Waals surface area contributed by atoms with Crippen molar-refractivity contribution in [2.24, 2.45) is 11.7 Å². The first-order valence-corrected chi connectivity index (χ1v) is 11.6. The summed E-state index contributed by atoms with van der Waals surface area (Å²) in [5.74, 6) is -0.581. The lowest BCUT2D eigenvalue weighted by Gasteiger charge is -2.35. The molecule has 1 aliphatic carbocycles. The summed E-state index contributed by atoms with van der Waals surface area (Å²) in [6.07, 6.45) is 5.44. The first-order valence-electron chi connectivity index (χ1n) is 11.6. The molecule has 4 rings (SSSR count). The summed E-state index contributed by atoms with van der Waals surface area (Å²) >= 11 is 0. The van der Waals surface area contributed by atoms with E-state index in [1.54, 1.807) is 17.1 Å². The Hall–Kier alpha value is -3.42. The van der Waals surface area contributed by atoms with E-state index < -0.39 is 0 Å². The fourth-order valence-electron chi connectivity index (χ4n) is 4.61. The van der Waals surface area contributed by atoms with Gasteiger partial charge in [0.25, 0.3) is 5.91 Å². The normalized spacial score (nSPS) is 18.5. The number of aryl methyl sites for hydroxylation is 3.